The van der Waals surface area contributed by atoms with E-state index in [2.05, 4.69) is 58.6 Å². The molecule has 0 saturated carbocycles. The number of rotatable bonds is 14. The van der Waals surface area contributed by atoms with E-state index in [1.54, 1.807) is 6.07 Å². The van der Waals surface area contributed by atoms with Gasteiger partial charge in [0, 0.05) is 5.56 Å². The Morgan fingerprint density at radius 2 is 1.12 bits per heavy atom. The second kappa shape index (κ2) is 15.4. The van der Waals surface area contributed by atoms with Crippen LogP contribution < -0.4 is 0 Å². The summed E-state index contributed by atoms with van der Waals surface area (Å²) in [5.41, 5.74) is 7.99. The van der Waals surface area contributed by atoms with Gasteiger partial charge in [-0.15, -0.1) is 6.58 Å². The van der Waals surface area contributed by atoms with E-state index in [0.29, 0.717) is 12.2 Å². The van der Waals surface area contributed by atoms with Crippen molar-refractivity contribution in [2.45, 2.75) is 99.3 Å². The highest BCUT2D eigenvalue weighted by atomic mass is 16.3. The van der Waals surface area contributed by atoms with Crippen LogP contribution in [0.5, 0.6) is 11.5 Å². The molecular weight excluding hydrogens is 404 g/mol. The zero-order chi connectivity index (χ0) is 24.8. The van der Waals surface area contributed by atoms with Gasteiger partial charge in [-0.1, -0.05) is 52.7 Å². The van der Waals surface area contributed by atoms with Gasteiger partial charge in [0.15, 0.2) is 0 Å². The minimum Gasteiger partial charge on any atom is -0.508 e. The maximum atomic E-state index is 10.3. The van der Waals surface area contributed by atoms with Crippen molar-refractivity contribution in [1.82, 2.24) is 0 Å². The lowest BCUT2D eigenvalue weighted by molar-refractivity contribution is 0.448. The van der Waals surface area contributed by atoms with E-state index in [1.807, 2.05) is 19.9 Å². The number of hydrogen-bond acceptors (Lipinski definition) is 2. The van der Waals surface area contributed by atoms with Gasteiger partial charge in [-0.2, -0.15) is 0 Å². The molecule has 0 fully saturated rings. The molecule has 182 valence electrons. The molecule has 0 amide bonds. The lowest BCUT2D eigenvalue weighted by Crippen LogP contribution is -1.91. The van der Waals surface area contributed by atoms with Gasteiger partial charge in [-0.05, 0) is 117 Å². The van der Waals surface area contributed by atoms with Crippen molar-refractivity contribution < 1.29 is 10.2 Å². The molecule has 2 N–H and O–H groups in total. The molecule has 33 heavy (non-hydrogen) atoms. The molecule has 0 radical (unpaired) electrons. The molecule has 0 aliphatic heterocycles. The Labute approximate surface area is 203 Å². The maximum absolute atomic E-state index is 10.3. The van der Waals surface area contributed by atoms with Gasteiger partial charge >= 0.3 is 0 Å². The van der Waals surface area contributed by atoms with Crippen molar-refractivity contribution in [2.24, 2.45) is 0 Å². The molecule has 1 rings (SSSR count). The van der Waals surface area contributed by atoms with Crippen molar-refractivity contribution in [1.29, 1.82) is 0 Å². The first kappa shape index (κ1) is 28.6. The zero-order valence-corrected chi connectivity index (χ0v) is 21.9. The fraction of sp³-hybridized carbons (Fsp3) is 0.484. The summed E-state index contributed by atoms with van der Waals surface area (Å²) in [6.45, 7) is 16.3. The Hall–Kier alpha value is -2.48. The normalized spacial score (nSPS) is 13.5. The number of hydrogen-bond donors (Lipinski definition) is 2. The third-order valence-corrected chi connectivity index (χ3v) is 6.42. The molecule has 1 aromatic carbocycles. The summed E-state index contributed by atoms with van der Waals surface area (Å²) in [5.74, 6) is 0.552. The van der Waals surface area contributed by atoms with Gasteiger partial charge in [-0.25, -0.2) is 0 Å². The molecule has 1 aromatic rings. The maximum Gasteiger partial charge on any atom is 0.122 e. The topological polar surface area (TPSA) is 40.5 Å². The molecule has 0 aliphatic carbocycles. The van der Waals surface area contributed by atoms with Crippen molar-refractivity contribution in [3.05, 3.63) is 82.0 Å². The molecule has 2 nitrogen and oxygen atoms in total. The first-order valence-corrected chi connectivity index (χ1v) is 12.4. The molecular formula is C31H46O2. The molecule has 0 unspecified atom stereocenters. The van der Waals surface area contributed by atoms with Crippen LogP contribution in [0.15, 0.2) is 65.3 Å². The van der Waals surface area contributed by atoms with E-state index in [0.717, 1.165) is 68.1 Å². The lowest BCUT2D eigenvalue weighted by atomic mass is 9.99. The summed E-state index contributed by atoms with van der Waals surface area (Å²) >= 11 is 0. The van der Waals surface area contributed by atoms with Crippen LogP contribution in [0, 0.1) is 13.8 Å². The summed E-state index contributed by atoms with van der Waals surface area (Å²) < 4.78 is 0. The number of benzene rings is 1. The molecule has 0 saturated heterocycles. The van der Waals surface area contributed by atoms with Gasteiger partial charge < -0.3 is 10.2 Å². The van der Waals surface area contributed by atoms with E-state index in [1.165, 1.54) is 22.3 Å². The molecule has 0 aliphatic rings. The summed E-state index contributed by atoms with van der Waals surface area (Å²) in [4.78, 5) is 0. The van der Waals surface area contributed by atoms with E-state index in [9.17, 15) is 10.2 Å². The molecule has 0 heterocycles. The summed E-state index contributed by atoms with van der Waals surface area (Å²) in [6, 6.07) is 1.68. The van der Waals surface area contributed by atoms with Crippen molar-refractivity contribution in [3.63, 3.8) is 0 Å². The summed E-state index contributed by atoms with van der Waals surface area (Å²) in [6.07, 6.45) is 20.6. The van der Waals surface area contributed by atoms with Crippen LogP contribution in [-0.2, 0) is 6.42 Å². The van der Waals surface area contributed by atoms with Crippen LogP contribution in [0.25, 0.3) is 0 Å². The van der Waals surface area contributed by atoms with E-state index in [-0.39, 0.29) is 5.75 Å². The minimum absolute atomic E-state index is 0.254. The van der Waals surface area contributed by atoms with E-state index in [4.69, 9.17) is 0 Å². The van der Waals surface area contributed by atoms with E-state index >= 15 is 0 Å². The van der Waals surface area contributed by atoms with Gasteiger partial charge in [0.25, 0.3) is 0 Å². The van der Waals surface area contributed by atoms with Gasteiger partial charge in [0.2, 0.25) is 0 Å². The Morgan fingerprint density at radius 3 is 1.58 bits per heavy atom. The van der Waals surface area contributed by atoms with Crippen LogP contribution in [0.1, 0.15) is 95.8 Å². The highest BCUT2D eigenvalue weighted by Crippen LogP contribution is 2.32. The number of aromatic hydroxyl groups is 2. The second-order valence-electron chi connectivity index (χ2n) is 9.50. The Balaban J connectivity index is 2.40. The fourth-order valence-corrected chi connectivity index (χ4v) is 3.77. The van der Waals surface area contributed by atoms with Crippen LogP contribution >= 0.6 is 0 Å². The molecule has 2 heteroatoms. The van der Waals surface area contributed by atoms with Crippen LogP contribution in [-0.4, -0.2) is 10.2 Å². The van der Waals surface area contributed by atoms with Gasteiger partial charge in [0.05, 0.1) is 0 Å². The lowest BCUT2D eigenvalue weighted by Gasteiger charge is -2.10. The summed E-state index contributed by atoms with van der Waals surface area (Å²) in [5, 5.41) is 20.4. The average molecular weight is 451 g/mol. The quantitative estimate of drug-likeness (QED) is 0.219. The van der Waals surface area contributed by atoms with Crippen LogP contribution in [0.4, 0.5) is 0 Å². The molecule has 0 aromatic heterocycles. The number of allylic oxidation sites excluding steroid dienone is 9. The standard InChI is InChI=1S/C31H46O2/c1-8-9-13-23(2)14-10-15-24(3)16-11-17-25(4)18-12-19-26(5)20-21-29-22-30(32)27(6)28(7)31(29)33/h8,14,16,18,20,22,32-33H,1,9-13,15,17,19,21H2,2-7H3/b23-14-,24-16+,25-18+,26-20+. The van der Waals surface area contributed by atoms with Crippen LogP contribution in [0.2, 0.25) is 0 Å². The minimum atomic E-state index is 0.254. The smallest absolute Gasteiger partial charge is 0.122 e. The number of phenolic OH excluding ortho intramolecular Hbond substituents is 2. The molecule has 0 atom stereocenters. The Kier molecular flexibility index (Phi) is 13.3. The molecule has 0 spiro atoms. The first-order chi connectivity index (χ1) is 15.6. The highest BCUT2D eigenvalue weighted by molar-refractivity contribution is 5.51. The van der Waals surface area contributed by atoms with Crippen LogP contribution in [0.3, 0.4) is 0 Å². The largest absolute Gasteiger partial charge is 0.508 e. The Morgan fingerprint density at radius 1 is 0.697 bits per heavy atom. The third kappa shape index (κ3) is 11.3. The predicted octanol–water partition coefficient (Wildman–Crippen LogP) is 9.35. The first-order valence-electron chi connectivity index (χ1n) is 12.4. The second-order valence-corrected chi connectivity index (χ2v) is 9.50. The fourth-order valence-electron chi connectivity index (χ4n) is 3.77. The van der Waals surface area contributed by atoms with Crippen molar-refractivity contribution in [2.75, 3.05) is 0 Å². The highest BCUT2D eigenvalue weighted by Gasteiger charge is 2.10. The van der Waals surface area contributed by atoms with Crippen molar-refractivity contribution in [3.8, 4) is 11.5 Å². The zero-order valence-electron chi connectivity index (χ0n) is 21.9. The summed E-state index contributed by atoms with van der Waals surface area (Å²) in [7, 11) is 0. The van der Waals surface area contributed by atoms with E-state index < -0.39 is 0 Å². The Bertz CT molecular complexity index is 894. The predicted molar refractivity (Wildman–Crippen MR) is 145 cm³/mol. The number of phenols is 2. The SMILES string of the molecule is C=CCC/C(C)=C\CC/C(C)=C/CC/C(C)=C/CC/C(C)=C/Cc1cc(O)c(C)c(C)c1O. The van der Waals surface area contributed by atoms with Crippen molar-refractivity contribution >= 4 is 0 Å². The molecule has 0 bridgehead atoms. The third-order valence-electron chi connectivity index (χ3n) is 6.42. The monoisotopic (exact) mass is 450 g/mol. The average Bonchev–Trinajstić information content (AvgIpc) is 2.77. The van der Waals surface area contributed by atoms with Gasteiger partial charge in [-0.3, -0.25) is 0 Å². The van der Waals surface area contributed by atoms with Gasteiger partial charge in [0.1, 0.15) is 11.5 Å².